The predicted molar refractivity (Wildman–Crippen MR) is 110 cm³/mol. The molecule has 1 amide bonds. The van der Waals surface area contributed by atoms with Crippen LogP contribution in [0.2, 0.25) is 0 Å². The van der Waals surface area contributed by atoms with Gasteiger partial charge < -0.3 is 10.1 Å². The third-order valence-corrected chi connectivity index (χ3v) is 6.09. The van der Waals surface area contributed by atoms with E-state index in [0.717, 1.165) is 25.2 Å². The number of aromatic nitrogens is 1. The van der Waals surface area contributed by atoms with Gasteiger partial charge in [-0.1, -0.05) is 26.0 Å². The summed E-state index contributed by atoms with van der Waals surface area (Å²) in [5, 5.41) is 5.37. The molecule has 3 rings (SSSR count). The lowest BCUT2D eigenvalue weighted by atomic mass is 10.0. The molecular weight excluding hydrogens is 415 g/mol. The lowest BCUT2D eigenvalue weighted by molar-refractivity contribution is -0.137. The van der Waals surface area contributed by atoms with Gasteiger partial charge in [-0.2, -0.15) is 13.2 Å². The lowest BCUT2D eigenvalue weighted by Gasteiger charge is -2.36. The Hall–Kier alpha value is -1.97. The van der Waals surface area contributed by atoms with Crippen molar-refractivity contribution >= 4 is 17.2 Å². The molecular formula is C21H26F3N3O2S. The molecule has 0 spiro atoms. The molecule has 2 heterocycles. The molecule has 30 heavy (non-hydrogen) atoms. The number of ether oxygens (including phenoxy) is 1. The van der Waals surface area contributed by atoms with E-state index in [2.05, 4.69) is 29.0 Å². The Morgan fingerprint density at radius 3 is 2.50 bits per heavy atom. The zero-order valence-corrected chi connectivity index (χ0v) is 17.9. The van der Waals surface area contributed by atoms with Gasteiger partial charge in [-0.3, -0.25) is 9.69 Å². The average molecular weight is 442 g/mol. The van der Waals surface area contributed by atoms with Crippen molar-refractivity contribution in [1.29, 1.82) is 0 Å². The van der Waals surface area contributed by atoms with E-state index < -0.39 is 11.7 Å². The number of carbonyl (C=O) groups excluding carboxylic acids is 1. The summed E-state index contributed by atoms with van der Waals surface area (Å²) in [7, 11) is 0. The molecule has 1 aliphatic rings. The Balaban J connectivity index is 1.55. The standard InChI is InChI=1S/C21H26F3N3O2S/c1-14(2)18(27-7-9-29-10-8-27)12-25-19(28)11-17-13-30-20(26-17)15-3-5-16(6-4-15)21(22,23)24/h3-6,13-14,18H,7-12H2,1-2H3,(H,25,28). The van der Waals surface area contributed by atoms with Crippen molar-refractivity contribution in [3.05, 3.63) is 40.9 Å². The Morgan fingerprint density at radius 2 is 1.90 bits per heavy atom. The van der Waals surface area contributed by atoms with Gasteiger partial charge in [-0.15, -0.1) is 11.3 Å². The van der Waals surface area contributed by atoms with Crippen LogP contribution in [-0.2, 0) is 22.1 Å². The van der Waals surface area contributed by atoms with Gasteiger partial charge in [0, 0.05) is 36.6 Å². The zero-order chi connectivity index (χ0) is 21.7. The number of thiazole rings is 1. The molecule has 9 heteroatoms. The van der Waals surface area contributed by atoms with E-state index in [-0.39, 0.29) is 18.4 Å². The van der Waals surface area contributed by atoms with E-state index in [4.69, 9.17) is 4.74 Å². The van der Waals surface area contributed by atoms with Crippen LogP contribution in [0.1, 0.15) is 25.1 Å². The van der Waals surface area contributed by atoms with Gasteiger partial charge in [0.05, 0.1) is 30.9 Å². The molecule has 1 fully saturated rings. The SMILES string of the molecule is CC(C)C(CNC(=O)Cc1csc(-c2ccc(C(F)(F)F)cc2)n1)N1CCOCC1. The van der Waals surface area contributed by atoms with E-state index in [1.807, 2.05) is 0 Å². The maximum absolute atomic E-state index is 12.7. The minimum atomic E-state index is -4.36. The van der Waals surface area contributed by atoms with Crippen molar-refractivity contribution in [1.82, 2.24) is 15.2 Å². The highest BCUT2D eigenvalue weighted by atomic mass is 32.1. The molecule has 0 saturated carbocycles. The number of hydrogen-bond acceptors (Lipinski definition) is 5. The van der Waals surface area contributed by atoms with Crippen molar-refractivity contribution in [3.63, 3.8) is 0 Å². The molecule has 1 N–H and O–H groups in total. The summed E-state index contributed by atoms with van der Waals surface area (Å²) in [5.41, 5.74) is 0.522. The van der Waals surface area contributed by atoms with Crippen LogP contribution >= 0.6 is 11.3 Å². The summed E-state index contributed by atoms with van der Waals surface area (Å²) in [6.45, 7) is 7.99. The van der Waals surface area contributed by atoms with Gasteiger partial charge in [-0.25, -0.2) is 4.98 Å². The molecule has 0 bridgehead atoms. The van der Waals surface area contributed by atoms with E-state index >= 15 is 0 Å². The average Bonchev–Trinajstić information content (AvgIpc) is 3.16. The first kappa shape index (κ1) is 22.7. The van der Waals surface area contributed by atoms with Crippen LogP contribution < -0.4 is 5.32 Å². The molecule has 0 aliphatic carbocycles. The van der Waals surface area contributed by atoms with Gasteiger partial charge >= 0.3 is 6.18 Å². The molecule has 2 aromatic rings. The van der Waals surface area contributed by atoms with E-state index in [0.29, 0.717) is 41.9 Å². The lowest BCUT2D eigenvalue weighted by Crippen LogP contribution is -2.51. The Morgan fingerprint density at radius 1 is 1.23 bits per heavy atom. The van der Waals surface area contributed by atoms with Crippen LogP contribution in [0, 0.1) is 5.92 Å². The van der Waals surface area contributed by atoms with Crippen LogP contribution in [0.15, 0.2) is 29.6 Å². The second-order valence-corrected chi connectivity index (χ2v) is 8.52. The minimum Gasteiger partial charge on any atom is -0.379 e. The first-order chi connectivity index (χ1) is 14.2. The van der Waals surface area contributed by atoms with Gasteiger partial charge in [0.15, 0.2) is 0 Å². The maximum atomic E-state index is 12.7. The number of morpholine rings is 1. The second kappa shape index (κ2) is 9.89. The van der Waals surface area contributed by atoms with Gasteiger partial charge in [-0.05, 0) is 18.1 Å². The third-order valence-electron chi connectivity index (χ3n) is 5.15. The summed E-state index contributed by atoms with van der Waals surface area (Å²) in [6, 6.07) is 5.14. The normalized spacial score (nSPS) is 16.6. The molecule has 1 aromatic heterocycles. The number of benzene rings is 1. The molecule has 1 atom stereocenters. The highest BCUT2D eigenvalue weighted by Gasteiger charge is 2.30. The van der Waals surface area contributed by atoms with E-state index in [1.54, 1.807) is 5.38 Å². The molecule has 1 aromatic carbocycles. The summed E-state index contributed by atoms with van der Waals surface area (Å²) >= 11 is 1.32. The monoisotopic (exact) mass is 441 g/mol. The Labute approximate surface area is 178 Å². The number of halogens is 3. The van der Waals surface area contributed by atoms with Crippen molar-refractivity contribution in [2.45, 2.75) is 32.5 Å². The number of carbonyl (C=O) groups is 1. The van der Waals surface area contributed by atoms with Crippen LogP contribution in [-0.4, -0.2) is 54.7 Å². The number of nitrogens with zero attached hydrogens (tertiary/aromatic N) is 2. The van der Waals surface area contributed by atoms with Crippen LogP contribution in [0.25, 0.3) is 10.6 Å². The predicted octanol–water partition coefficient (Wildman–Crippen LogP) is 3.84. The molecule has 5 nitrogen and oxygen atoms in total. The van der Waals surface area contributed by atoms with Crippen molar-refractivity contribution in [2.24, 2.45) is 5.92 Å². The van der Waals surface area contributed by atoms with Gasteiger partial charge in [0.2, 0.25) is 5.91 Å². The summed E-state index contributed by atoms with van der Waals surface area (Å²) in [4.78, 5) is 19.2. The summed E-state index contributed by atoms with van der Waals surface area (Å²) < 4.78 is 43.5. The summed E-state index contributed by atoms with van der Waals surface area (Å²) in [5.74, 6) is 0.284. The van der Waals surface area contributed by atoms with Crippen LogP contribution in [0.5, 0.6) is 0 Å². The molecule has 1 aliphatic heterocycles. The topological polar surface area (TPSA) is 54.5 Å². The number of alkyl halides is 3. The third kappa shape index (κ3) is 6.02. The molecule has 1 unspecified atom stereocenters. The van der Waals surface area contributed by atoms with Gasteiger partial charge in [0.25, 0.3) is 0 Å². The van der Waals surface area contributed by atoms with Crippen LogP contribution in [0.3, 0.4) is 0 Å². The number of nitrogens with one attached hydrogen (secondary N) is 1. The molecule has 1 saturated heterocycles. The number of hydrogen-bond donors (Lipinski definition) is 1. The largest absolute Gasteiger partial charge is 0.416 e. The van der Waals surface area contributed by atoms with Crippen molar-refractivity contribution in [3.8, 4) is 10.6 Å². The molecule has 164 valence electrons. The zero-order valence-electron chi connectivity index (χ0n) is 17.0. The number of amides is 1. The van der Waals surface area contributed by atoms with Crippen molar-refractivity contribution in [2.75, 3.05) is 32.8 Å². The summed E-state index contributed by atoms with van der Waals surface area (Å²) in [6.07, 6.45) is -4.22. The smallest absolute Gasteiger partial charge is 0.379 e. The maximum Gasteiger partial charge on any atom is 0.416 e. The minimum absolute atomic E-state index is 0.113. The van der Waals surface area contributed by atoms with Crippen molar-refractivity contribution < 1.29 is 22.7 Å². The fourth-order valence-electron chi connectivity index (χ4n) is 3.46. The number of rotatable bonds is 7. The van der Waals surface area contributed by atoms with E-state index in [1.165, 1.54) is 23.5 Å². The first-order valence-electron chi connectivity index (χ1n) is 9.94. The fourth-order valence-corrected chi connectivity index (χ4v) is 4.29. The quantitative estimate of drug-likeness (QED) is 0.709. The van der Waals surface area contributed by atoms with E-state index in [9.17, 15) is 18.0 Å². The first-order valence-corrected chi connectivity index (χ1v) is 10.8. The molecule has 0 radical (unpaired) electrons. The fraction of sp³-hybridized carbons (Fsp3) is 0.524. The Bertz CT molecular complexity index is 831. The van der Waals surface area contributed by atoms with Crippen LogP contribution in [0.4, 0.5) is 13.2 Å². The highest BCUT2D eigenvalue weighted by molar-refractivity contribution is 7.13. The Kier molecular flexibility index (Phi) is 7.49. The highest BCUT2D eigenvalue weighted by Crippen LogP contribution is 2.31. The second-order valence-electron chi connectivity index (χ2n) is 7.66. The van der Waals surface area contributed by atoms with Gasteiger partial charge in [0.1, 0.15) is 5.01 Å².